The Morgan fingerprint density at radius 1 is 1.12 bits per heavy atom. The van der Waals surface area contributed by atoms with Gasteiger partial charge in [0, 0.05) is 13.2 Å². The Kier molecular flexibility index (Phi) is 6.67. The minimum absolute atomic E-state index is 1.00. The molecule has 0 saturated carbocycles. The standard InChI is InChI=1S/C4H8O.CH2F2/c1-2-4-5-3-1;2-1-3/h1-4H2;1H2. The van der Waals surface area contributed by atoms with E-state index in [4.69, 9.17) is 4.74 Å². The summed E-state index contributed by atoms with van der Waals surface area (Å²) in [7, 11) is 0. The molecule has 0 spiro atoms. The molecule has 0 amide bonds. The Morgan fingerprint density at radius 2 is 1.50 bits per heavy atom. The first-order valence-electron chi connectivity index (χ1n) is 2.61. The fraction of sp³-hybridized carbons (Fsp3) is 1.00. The molecule has 1 rings (SSSR count). The Bertz CT molecular complexity index is 29.8. The number of halogens is 2. The van der Waals surface area contributed by atoms with E-state index in [0.29, 0.717) is 0 Å². The Labute approximate surface area is 47.6 Å². The van der Waals surface area contributed by atoms with E-state index in [1.165, 1.54) is 12.8 Å². The Balaban J connectivity index is 0.000000145. The lowest BCUT2D eigenvalue weighted by molar-refractivity contribution is 0.198. The van der Waals surface area contributed by atoms with Gasteiger partial charge in [-0.05, 0) is 12.8 Å². The number of alkyl halides is 2. The van der Waals surface area contributed by atoms with Gasteiger partial charge >= 0.3 is 0 Å². The zero-order chi connectivity index (χ0) is 6.24. The van der Waals surface area contributed by atoms with Crippen molar-refractivity contribution in [2.45, 2.75) is 12.8 Å². The molecule has 1 aliphatic rings. The summed E-state index contributed by atoms with van der Waals surface area (Å²) in [5.41, 5.74) is 0. The smallest absolute Gasteiger partial charge is 0.229 e. The normalized spacial score (nSPS) is 17.2. The van der Waals surface area contributed by atoms with Gasteiger partial charge in [0.15, 0.2) is 0 Å². The zero-order valence-corrected chi connectivity index (χ0v) is 4.70. The van der Waals surface area contributed by atoms with Crippen LogP contribution in [0.4, 0.5) is 8.78 Å². The summed E-state index contributed by atoms with van der Waals surface area (Å²) in [5.74, 6) is 0. The lowest BCUT2D eigenvalue weighted by Gasteiger charge is -1.76. The molecule has 0 aromatic carbocycles. The van der Waals surface area contributed by atoms with E-state index in [-0.39, 0.29) is 0 Å². The number of hydrogen-bond donors (Lipinski definition) is 0. The fourth-order valence-corrected chi connectivity index (χ4v) is 0.510. The first-order valence-corrected chi connectivity index (χ1v) is 2.61. The van der Waals surface area contributed by atoms with E-state index in [9.17, 15) is 8.78 Å². The van der Waals surface area contributed by atoms with Gasteiger partial charge in [-0.3, -0.25) is 0 Å². The van der Waals surface area contributed by atoms with Crippen LogP contribution in [0.2, 0.25) is 0 Å². The molecule has 1 nitrogen and oxygen atoms in total. The quantitative estimate of drug-likeness (QED) is 0.477. The van der Waals surface area contributed by atoms with Gasteiger partial charge < -0.3 is 4.74 Å². The molecule has 50 valence electrons. The maximum atomic E-state index is 9.62. The third kappa shape index (κ3) is 5.82. The molecule has 0 atom stereocenters. The average Bonchev–Trinajstić information content (AvgIpc) is 2.17. The van der Waals surface area contributed by atoms with Crippen LogP contribution in [-0.4, -0.2) is 20.1 Å². The van der Waals surface area contributed by atoms with Gasteiger partial charge in [-0.2, -0.15) is 0 Å². The molecule has 0 unspecified atom stereocenters. The number of ether oxygens (including phenoxy) is 1. The van der Waals surface area contributed by atoms with Crippen molar-refractivity contribution in [3.63, 3.8) is 0 Å². The number of hydrogen-bond acceptors (Lipinski definition) is 1. The first kappa shape index (κ1) is 7.82. The van der Waals surface area contributed by atoms with E-state index < -0.39 is 6.93 Å². The summed E-state index contributed by atoms with van der Waals surface area (Å²) >= 11 is 0. The van der Waals surface area contributed by atoms with E-state index in [2.05, 4.69) is 0 Å². The SMILES string of the molecule is C1CCOC1.FCF. The van der Waals surface area contributed by atoms with Crippen LogP contribution in [0.25, 0.3) is 0 Å². The summed E-state index contributed by atoms with van der Waals surface area (Å²) in [6, 6.07) is 0. The molecule has 1 saturated heterocycles. The van der Waals surface area contributed by atoms with Crippen molar-refractivity contribution >= 4 is 0 Å². The summed E-state index contributed by atoms with van der Waals surface area (Å²) in [5, 5.41) is 0. The Hall–Kier alpha value is -0.180. The molecule has 0 radical (unpaired) electrons. The Morgan fingerprint density at radius 3 is 1.62 bits per heavy atom. The van der Waals surface area contributed by atoms with Crippen LogP contribution < -0.4 is 0 Å². The van der Waals surface area contributed by atoms with Gasteiger partial charge in [0.05, 0.1) is 0 Å². The second-order valence-corrected chi connectivity index (χ2v) is 1.42. The fourth-order valence-electron chi connectivity index (χ4n) is 0.510. The van der Waals surface area contributed by atoms with E-state index in [0.717, 1.165) is 13.2 Å². The third-order valence-corrected chi connectivity index (χ3v) is 0.827. The molecule has 3 heteroatoms. The summed E-state index contributed by atoms with van der Waals surface area (Å²) in [4.78, 5) is 0. The van der Waals surface area contributed by atoms with Crippen molar-refractivity contribution in [3.05, 3.63) is 0 Å². The second kappa shape index (κ2) is 6.82. The molecule has 8 heavy (non-hydrogen) atoms. The molecule has 1 aliphatic heterocycles. The maximum Gasteiger partial charge on any atom is 0.229 e. The molecule has 1 heterocycles. The van der Waals surface area contributed by atoms with Gasteiger partial charge in [0.1, 0.15) is 0 Å². The van der Waals surface area contributed by atoms with Crippen LogP contribution in [0.15, 0.2) is 0 Å². The van der Waals surface area contributed by atoms with E-state index >= 15 is 0 Å². The zero-order valence-electron chi connectivity index (χ0n) is 4.70. The van der Waals surface area contributed by atoms with Crippen molar-refractivity contribution in [3.8, 4) is 0 Å². The van der Waals surface area contributed by atoms with Gasteiger partial charge in [0.2, 0.25) is 6.93 Å². The lowest BCUT2D eigenvalue weighted by atomic mass is 10.4. The molecular weight excluding hydrogens is 114 g/mol. The molecule has 0 aromatic heterocycles. The van der Waals surface area contributed by atoms with Gasteiger partial charge in [0.25, 0.3) is 0 Å². The van der Waals surface area contributed by atoms with Crippen LogP contribution in [0.5, 0.6) is 0 Å². The van der Waals surface area contributed by atoms with Crippen molar-refractivity contribution in [2.24, 2.45) is 0 Å². The lowest BCUT2D eigenvalue weighted by Crippen LogP contribution is -1.74. The predicted molar refractivity (Wildman–Crippen MR) is 27.1 cm³/mol. The van der Waals surface area contributed by atoms with Crippen molar-refractivity contribution in [2.75, 3.05) is 20.1 Å². The molecule has 0 aliphatic carbocycles. The monoisotopic (exact) mass is 124 g/mol. The highest BCUT2D eigenvalue weighted by molar-refractivity contribution is 4.43. The van der Waals surface area contributed by atoms with E-state index in [1.807, 2.05) is 0 Å². The molecule has 0 bridgehead atoms. The highest BCUT2D eigenvalue weighted by atomic mass is 19.3. The molecule has 0 N–H and O–H groups in total. The summed E-state index contributed by atoms with van der Waals surface area (Å²) in [6.45, 7) is 0.250. The number of rotatable bonds is 0. The predicted octanol–water partition coefficient (Wildman–Crippen LogP) is 1.68. The van der Waals surface area contributed by atoms with Crippen LogP contribution in [0.3, 0.4) is 0 Å². The maximum absolute atomic E-state index is 9.62. The summed E-state index contributed by atoms with van der Waals surface area (Å²) < 4.78 is 24.2. The molecule has 0 aromatic rings. The van der Waals surface area contributed by atoms with Crippen LogP contribution in [0, 0.1) is 0 Å². The second-order valence-electron chi connectivity index (χ2n) is 1.42. The van der Waals surface area contributed by atoms with Gasteiger partial charge in [-0.25, -0.2) is 8.78 Å². The summed E-state index contributed by atoms with van der Waals surface area (Å²) in [6.07, 6.45) is 2.56. The third-order valence-electron chi connectivity index (χ3n) is 0.827. The minimum atomic E-state index is -1.75. The highest BCUT2D eigenvalue weighted by Crippen LogP contribution is 1.98. The molecular formula is C5H10F2O. The average molecular weight is 124 g/mol. The topological polar surface area (TPSA) is 9.23 Å². The first-order chi connectivity index (χ1) is 3.91. The van der Waals surface area contributed by atoms with Crippen LogP contribution in [-0.2, 0) is 4.74 Å². The van der Waals surface area contributed by atoms with Gasteiger partial charge in [-0.15, -0.1) is 0 Å². The van der Waals surface area contributed by atoms with Crippen LogP contribution >= 0.6 is 0 Å². The van der Waals surface area contributed by atoms with Crippen molar-refractivity contribution < 1.29 is 13.5 Å². The van der Waals surface area contributed by atoms with Crippen molar-refractivity contribution in [1.82, 2.24) is 0 Å². The van der Waals surface area contributed by atoms with Gasteiger partial charge in [-0.1, -0.05) is 0 Å². The highest BCUT2D eigenvalue weighted by Gasteiger charge is 1.94. The van der Waals surface area contributed by atoms with E-state index in [1.54, 1.807) is 0 Å². The van der Waals surface area contributed by atoms with Crippen molar-refractivity contribution in [1.29, 1.82) is 0 Å². The van der Waals surface area contributed by atoms with Crippen LogP contribution in [0.1, 0.15) is 12.8 Å². The molecule has 1 fully saturated rings. The minimum Gasteiger partial charge on any atom is -0.381 e. The largest absolute Gasteiger partial charge is 0.381 e.